The van der Waals surface area contributed by atoms with E-state index in [-0.39, 0.29) is 25.8 Å². The van der Waals surface area contributed by atoms with Gasteiger partial charge in [-0.2, -0.15) is 0 Å². The predicted octanol–water partition coefficient (Wildman–Crippen LogP) is -1.23. The fraction of sp³-hybridized carbons (Fsp3) is 0.625. The number of hydrogen-bond acceptors (Lipinski definition) is 4. The van der Waals surface area contributed by atoms with Gasteiger partial charge in [-0.05, 0) is 6.42 Å². The molecule has 7 nitrogen and oxygen atoms in total. The van der Waals surface area contributed by atoms with Gasteiger partial charge in [0.05, 0.1) is 0 Å². The van der Waals surface area contributed by atoms with Crippen LogP contribution in [0.15, 0.2) is 0 Å². The van der Waals surface area contributed by atoms with Gasteiger partial charge in [0.1, 0.15) is 7.45 Å². The van der Waals surface area contributed by atoms with Crippen molar-refractivity contribution in [2.24, 2.45) is 5.73 Å². The molecule has 0 unspecified atom stereocenters. The Morgan fingerprint density at radius 2 is 2.00 bits per heavy atom. The number of carboxylic acid groups (broad SMARTS) is 2. The Morgan fingerprint density at radius 3 is 2.47 bits per heavy atom. The third kappa shape index (κ3) is 6.44. The molecular weight excluding hydrogens is 204 g/mol. The fourth-order valence-corrected chi connectivity index (χ4v) is 0.905. The fourth-order valence-electron chi connectivity index (χ4n) is 0.905. The number of aliphatic carboxylic acids is 2. The van der Waals surface area contributed by atoms with Gasteiger partial charge in [-0.1, -0.05) is 0 Å². The number of nitrogens with two attached hydrogens (primary N) is 1. The monoisotopic (exact) mass is 219 g/mol. The minimum absolute atomic E-state index is 0.0274. The average Bonchev–Trinajstić information content (AvgIpc) is 2.20. The first kappa shape index (κ1) is 11.4. The van der Waals surface area contributed by atoms with Gasteiger partial charge in [0, 0.05) is 19.4 Å². The molecule has 0 fully saturated rings. The summed E-state index contributed by atoms with van der Waals surface area (Å²) in [5.74, 6) is -2.92. The van der Waals surface area contributed by atoms with Crippen molar-refractivity contribution < 1.29 is 26.0 Å². The molecule has 1 atom stereocenters. The van der Waals surface area contributed by atoms with E-state index >= 15 is 0 Å². The molecule has 0 aromatic heterocycles. The van der Waals surface area contributed by atoms with Crippen molar-refractivity contribution in [2.45, 2.75) is 25.3 Å². The molecule has 0 aromatic carbocycles. The van der Waals surface area contributed by atoms with Crippen molar-refractivity contribution in [1.29, 1.82) is 0 Å². The van der Waals surface area contributed by atoms with Crippen LogP contribution in [0.4, 0.5) is 0 Å². The number of carboxylic acids is 2. The lowest BCUT2D eigenvalue weighted by Crippen LogP contribution is -2.41. The van der Waals surface area contributed by atoms with Crippen molar-refractivity contribution in [3.63, 3.8) is 0 Å². The molecular formula is C8H14N2O5. The normalized spacial score (nSPS) is 12.7. The minimum Gasteiger partial charge on any atom is -0.481 e. The van der Waals surface area contributed by atoms with E-state index in [1.807, 2.05) is 5.73 Å². The molecule has 0 radical (unpaired) electrons. The van der Waals surface area contributed by atoms with E-state index in [9.17, 15) is 14.4 Å². The number of hydrogen-bond donors (Lipinski definition) is 4. The number of nitrogens with one attached hydrogen (secondary N) is 1. The predicted molar refractivity (Wildman–Crippen MR) is 50.1 cm³/mol. The molecule has 0 rings (SSSR count). The van der Waals surface area contributed by atoms with Gasteiger partial charge in [0.25, 0.3) is 0 Å². The Morgan fingerprint density at radius 1 is 1.33 bits per heavy atom. The summed E-state index contributed by atoms with van der Waals surface area (Å²) in [6, 6.07) is -1.20. The summed E-state index contributed by atoms with van der Waals surface area (Å²) in [7, 11) is 0. The number of amides is 1. The van der Waals surface area contributed by atoms with Crippen LogP contribution in [0.25, 0.3) is 0 Å². The Labute approximate surface area is 87.7 Å². The van der Waals surface area contributed by atoms with E-state index in [1.54, 1.807) is 0 Å². The van der Waals surface area contributed by atoms with Gasteiger partial charge in [-0.15, -0.1) is 0 Å². The van der Waals surface area contributed by atoms with Crippen LogP contribution in [0.1, 0.15) is 19.3 Å². The van der Waals surface area contributed by atoms with Crippen molar-refractivity contribution >= 4 is 17.8 Å². The lowest BCUT2D eigenvalue weighted by Gasteiger charge is -2.12. The van der Waals surface area contributed by atoms with E-state index in [4.69, 9.17) is 11.6 Å². The zero-order chi connectivity index (χ0) is 12.6. The standard InChI is InChI=1S/C8H14N2O5/c9-4-3-6(11)10-5(8(14)15)1-2-7(12)13/h5H,1-4,9H2,(H,10,11)(H,12,13)(H,14,15)/t5-/m0/s1/i/hD. The van der Waals surface area contributed by atoms with E-state index in [1.165, 1.54) is 0 Å². The summed E-state index contributed by atoms with van der Waals surface area (Å²) in [6.45, 7) is 0.108. The van der Waals surface area contributed by atoms with Gasteiger partial charge >= 0.3 is 11.9 Å². The Kier molecular flexibility index (Phi) is 5.16. The van der Waals surface area contributed by atoms with Crippen molar-refractivity contribution in [1.82, 2.24) is 5.32 Å². The van der Waals surface area contributed by atoms with Crippen LogP contribution in [0, 0.1) is 0 Å². The molecule has 0 saturated carbocycles. The topological polar surface area (TPSA) is 130 Å². The summed E-state index contributed by atoms with van der Waals surface area (Å²) in [6.07, 6.45) is -0.515. The first-order chi connectivity index (χ1) is 7.47. The highest BCUT2D eigenvalue weighted by Crippen LogP contribution is 1.98. The number of rotatable bonds is 8. The summed E-state index contributed by atoms with van der Waals surface area (Å²) in [5.41, 5.74) is 2.00. The maximum Gasteiger partial charge on any atom is 0.326 e. The molecule has 5 N–H and O–H groups in total. The lowest BCUT2D eigenvalue weighted by atomic mass is 10.1. The second-order valence-corrected chi connectivity index (χ2v) is 2.89. The Balaban J connectivity index is 4.07. The minimum atomic E-state index is -1.27. The summed E-state index contributed by atoms with van der Waals surface area (Å²) in [5, 5.41) is 19.3. The molecule has 1 amide bonds. The quantitative estimate of drug-likeness (QED) is 0.404. The van der Waals surface area contributed by atoms with Crippen LogP contribution in [0.2, 0.25) is 1.41 Å². The zero-order valence-corrected chi connectivity index (χ0v) is 8.02. The molecule has 0 bridgehead atoms. The molecule has 0 spiro atoms. The Bertz CT molecular complexity index is 271. The smallest absolute Gasteiger partial charge is 0.326 e. The van der Waals surface area contributed by atoms with E-state index in [0.29, 0.717) is 0 Å². The molecule has 0 aliphatic carbocycles. The maximum atomic E-state index is 11.1. The molecule has 15 heavy (non-hydrogen) atoms. The van der Waals surface area contributed by atoms with Crippen LogP contribution in [0.5, 0.6) is 0 Å². The van der Waals surface area contributed by atoms with Gasteiger partial charge in [-0.3, -0.25) is 9.59 Å². The number of carbonyl (C=O) groups is 3. The van der Waals surface area contributed by atoms with Gasteiger partial charge in [0.2, 0.25) is 5.91 Å². The SMILES string of the molecule is [2H]NCCC(=O)N[C@@H](CCC(=O)O)C(=O)O. The van der Waals surface area contributed by atoms with Crippen LogP contribution in [-0.4, -0.2) is 40.6 Å². The molecule has 0 heterocycles. The first-order valence-corrected chi connectivity index (χ1v) is 4.36. The van der Waals surface area contributed by atoms with E-state index in [2.05, 4.69) is 5.32 Å². The van der Waals surface area contributed by atoms with Crippen LogP contribution < -0.4 is 11.0 Å². The van der Waals surface area contributed by atoms with E-state index < -0.39 is 23.9 Å². The molecule has 7 heteroatoms. The summed E-state index contributed by atoms with van der Waals surface area (Å²) < 4.78 is 6.58. The molecule has 0 aliphatic heterocycles. The largest absolute Gasteiger partial charge is 0.481 e. The van der Waals surface area contributed by atoms with Gasteiger partial charge in [-0.25, -0.2) is 4.79 Å². The number of carbonyl (C=O) groups excluding carboxylic acids is 1. The van der Waals surface area contributed by atoms with Crippen LogP contribution in [0.3, 0.4) is 0 Å². The molecule has 0 saturated heterocycles. The third-order valence-corrected chi connectivity index (χ3v) is 1.63. The van der Waals surface area contributed by atoms with Crippen molar-refractivity contribution in [3.05, 3.63) is 0 Å². The second-order valence-electron chi connectivity index (χ2n) is 2.89. The summed E-state index contributed by atoms with van der Waals surface area (Å²) in [4.78, 5) is 32.0. The van der Waals surface area contributed by atoms with Gasteiger partial charge < -0.3 is 21.3 Å². The van der Waals surface area contributed by atoms with Gasteiger partial charge in [0.15, 0.2) is 0 Å². The maximum absolute atomic E-state index is 11.1. The average molecular weight is 219 g/mol. The van der Waals surface area contributed by atoms with Crippen LogP contribution in [-0.2, 0) is 14.4 Å². The molecule has 0 aliphatic rings. The van der Waals surface area contributed by atoms with Crippen molar-refractivity contribution in [2.75, 3.05) is 6.54 Å². The highest BCUT2D eigenvalue weighted by atomic mass is 16.4. The highest BCUT2D eigenvalue weighted by Gasteiger charge is 2.20. The second kappa shape index (κ2) is 6.77. The third-order valence-electron chi connectivity index (χ3n) is 1.63. The zero-order valence-electron chi connectivity index (χ0n) is 9.02. The first-order valence-electron chi connectivity index (χ1n) is 4.86. The molecule has 86 valence electrons. The lowest BCUT2D eigenvalue weighted by molar-refractivity contribution is -0.143. The molecule has 0 aromatic rings. The Hall–Kier alpha value is -1.63. The van der Waals surface area contributed by atoms with Crippen LogP contribution >= 0.6 is 0 Å². The summed E-state index contributed by atoms with van der Waals surface area (Å²) >= 11 is 0. The van der Waals surface area contributed by atoms with E-state index in [0.717, 1.165) is 0 Å². The highest BCUT2D eigenvalue weighted by molar-refractivity contribution is 5.84. The van der Waals surface area contributed by atoms with Crippen molar-refractivity contribution in [3.8, 4) is 0 Å².